The van der Waals surface area contributed by atoms with Gasteiger partial charge in [-0.2, -0.15) is 5.21 Å². The van der Waals surface area contributed by atoms with Gasteiger partial charge in [0.25, 0.3) is 5.91 Å². The summed E-state index contributed by atoms with van der Waals surface area (Å²) in [5, 5.41) is 16.8. The van der Waals surface area contributed by atoms with Crippen LogP contribution in [0.2, 0.25) is 5.02 Å². The number of rotatable bonds is 6. The number of halogens is 1. The fraction of sp³-hybridized carbons (Fsp3) is 0.125. The van der Waals surface area contributed by atoms with E-state index in [0.717, 1.165) is 0 Å². The fourth-order valence-corrected chi connectivity index (χ4v) is 2.16. The van der Waals surface area contributed by atoms with Crippen LogP contribution in [-0.4, -0.2) is 33.6 Å². The van der Waals surface area contributed by atoms with E-state index < -0.39 is 0 Å². The van der Waals surface area contributed by atoms with Crippen LogP contribution in [0, 0.1) is 0 Å². The van der Waals surface area contributed by atoms with Gasteiger partial charge in [-0.25, -0.2) is 0 Å². The summed E-state index contributed by atoms with van der Waals surface area (Å²) in [6, 6.07) is 11.7. The molecule has 3 aromatic rings. The molecule has 0 bridgehead atoms. The van der Waals surface area contributed by atoms with E-state index in [1.165, 1.54) is 0 Å². The number of hydrogen-bond donors (Lipinski definition) is 2. The highest BCUT2D eigenvalue weighted by atomic mass is 35.5. The minimum Gasteiger partial charge on any atom is -0.497 e. The minimum atomic E-state index is -0.286. The number of ether oxygens (including phenoxy) is 2. The second-order valence-corrected chi connectivity index (χ2v) is 5.38. The Labute approximate surface area is 148 Å². The van der Waals surface area contributed by atoms with Gasteiger partial charge in [-0.05, 0) is 36.4 Å². The largest absolute Gasteiger partial charge is 0.497 e. The molecule has 0 saturated heterocycles. The van der Waals surface area contributed by atoms with Gasteiger partial charge in [0.2, 0.25) is 5.82 Å². The summed E-state index contributed by atoms with van der Waals surface area (Å²) in [6.45, 7) is 0.0908. The number of carbonyl (C=O) groups excluding carboxylic acids is 1. The minimum absolute atomic E-state index is 0.0908. The lowest BCUT2D eigenvalue weighted by molar-refractivity contribution is 0.102. The Hall–Kier alpha value is -3.13. The number of anilines is 1. The Kier molecular flexibility index (Phi) is 5.10. The van der Waals surface area contributed by atoms with Crippen molar-refractivity contribution in [2.24, 2.45) is 0 Å². The first-order valence-corrected chi connectivity index (χ1v) is 7.63. The molecule has 8 nitrogen and oxygen atoms in total. The summed E-state index contributed by atoms with van der Waals surface area (Å²) in [5.74, 6) is 1.11. The molecule has 3 rings (SSSR count). The Bertz CT molecular complexity index is 853. The van der Waals surface area contributed by atoms with Gasteiger partial charge in [0.1, 0.15) is 11.5 Å². The summed E-state index contributed by atoms with van der Waals surface area (Å²) >= 11 is 5.84. The highest BCUT2D eigenvalue weighted by Gasteiger charge is 2.12. The lowest BCUT2D eigenvalue weighted by atomic mass is 10.2. The predicted molar refractivity (Wildman–Crippen MR) is 90.9 cm³/mol. The molecule has 0 aliphatic carbocycles. The van der Waals surface area contributed by atoms with E-state index in [4.69, 9.17) is 21.1 Å². The van der Waals surface area contributed by atoms with E-state index in [0.29, 0.717) is 33.6 Å². The number of amides is 1. The molecule has 2 aromatic carbocycles. The van der Waals surface area contributed by atoms with Crippen molar-refractivity contribution in [2.45, 2.75) is 6.61 Å². The van der Waals surface area contributed by atoms with Crippen LogP contribution in [-0.2, 0) is 6.61 Å². The number of nitrogens with one attached hydrogen (secondary N) is 2. The van der Waals surface area contributed by atoms with Crippen molar-refractivity contribution < 1.29 is 14.3 Å². The van der Waals surface area contributed by atoms with Crippen LogP contribution in [0.1, 0.15) is 16.2 Å². The molecule has 1 aromatic heterocycles. The number of tetrazole rings is 1. The second kappa shape index (κ2) is 7.63. The Morgan fingerprint density at radius 1 is 1.24 bits per heavy atom. The lowest BCUT2D eigenvalue weighted by Gasteiger charge is -2.13. The van der Waals surface area contributed by atoms with Crippen molar-refractivity contribution in [2.75, 3.05) is 12.4 Å². The van der Waals surface area contributed by atoms with Crippen molar-refractivity contribution >= 4 is 23.2 Å². The maximum atomic E-state index is 12.4. The molecule has 0 fully saturated rings. The predicted octanol–water partition coefficient (Wildman–Crippen LogP) is 2.69. The van der Waals surface area contributed by atoms with Gasteiger partial charge in [0.05, 0.1) is 12.8 Å². The van der Waals surface area contributed by atoms with Crippen molar-refractivity contribution in [1.82, 2.24) is 20.6 Å². The molecule has 0 aliphatic rings. The van der Waals surface area contributed by atoms with Crippen LogP contribution in [0.4, 0.5) is 5.69 Å². The average molecular weight is 360 g/mol. The van der Waals surface area contributed by atoms with Crippen LogP contribution < -0.4 is 14.8 Å². The number of benzene rings is 2. The summed E-state index contributed by atoms with van der Waals surface area (Å²) in [7, 11) is 1.55. The molecule has 128 valence electrons. The van der Waals surface area contributed by atoms with E-state index in [1.807, 2.05) is 0 Å². The molecule has 0 unspecified atom stereocenters. The monoisotopic (exact) mass is 359 g/mol. The summed E-state index contributed by atoms with van der Waals surface area (Å²) in [6.07, 6.45) is 0. The van der Waals surface area contributed by atoms with Crippen molar-refractivity contribution in [3.8, 4) is 11.5 Å². The number of carbonyl (C=O) groups is 1. The first kappa shape index (κ1) is 16.7. The van der Waals surface area contributed by atoms with Crippen LogP contribution in [0.25, 0.3) is 0 Å². The molecule has 0 saturated carbocycles. The Morgan fingerprint density at radius 3 is 2.72 bits per heavy atom. The number of H-pyrrole nitrogens is 1. The van der Waals surface area contributed by atoms with Crippen LogP contribution in [0.3, 0.4) is 0 Å². The molecular weight excluding hydrogens is 346 g/mol. The first-order chi connectivity index (χ1) is 12.2. The van der Waals surface area contributed by atoms with Crippen molar-refractivity contribution in [3.63, 3.8) is 0 Å². The molecule has 1 heterocycles. The van der Waals surface area contributed by atoms with E-state index in [-0.39, 0.29) is 12.5 Å². The van der Waals surface area contributed by atoms with E-state index in [2.05, 4.69) is 25.9 Å². The molecule has 2 N–H and O–H groups in total. The molecule has 0 radical (unpaired) electrons. The zero-order valence-corrected chi connectivity index (χ0v) is 13.9. The van der Waals surface area contributed by atoms with Gasteiger partial charge in [0.15, 0.2) is 6.61 Å². The molecule has 0 aliphatic heterocycles. The Morgan fingerprint density at radius 2 is 2.04 bits per heavy atom. The number of methoxy groups -OCH3 is 1. The van der Waals surface area contributed by atoms with Crippen molar-refractivity contribution in [3.05, 3.63) is 58.9 Å². The zero-order valence-electron chi connectivity index (χ0n) is 13.2. The van der Waals surface area contributed by atoms with Crippen molar-refractivity contribution in [1.29, 1.82) is 0 Å². The summed E-state index contributed by atoms with van der Waals surface area (Å²) in [4.78, 5) is 12.4. The molecule has 25 heavy (non-hydrogen) atoms. The highest BCUT2D eigenvalue weighted by molar-refractivity contribution is 6.30. The lowest BCUT2D eigenvalue weighted by Crippen LogP contribution is -2.13. The number of hydrogen-bond acceptors (Lipinski definition) is 6. The van der Waals surface area contributed by atoms with Crippen LogP contribution in [0.15, 0.2) is 42.5 Å². The van der Waals surface area contributed by atoms with E-state index >= 15 is 0 Å². The van der Waals surface area contributed by atoms with E-state index in [1.54, 1.807) is 49.6 Å². The van der Waals surface area contributed by atoms with Gasteiger partial charge in [-0.15, -0.1) is 10.2 Å². The third kappa shape index (κ3) is 4.24. The normalized spacial score (nSPS) is 10.3. The maximum Gasteiger partial charge on any atom is 0.255 e. The highest BCUT2D eigenvalue weighted by Crippen LogP contribution is 2.30. The van der Waals surface area contributed by atoms with E-state index in [9.17, 15) is 4.79 Å². The first-order valence-electron chi connectivity index (χ1n) is 7.26. The van der Waals surface area contributed by atoms with Gasteiger partial charge >= 0.3 is 0 Å². The molecular formula is C16H14ClN5O3. The molecule has 0 atom stereocenters. The Balaban J connectivity index is 1.79. The summed E-state index contributed by atoms with van der Waals surface area (Å²) < 4.78 is 10.9. The topological polar surface area (TPSA) is 102 Å². The smallest absolute Gasteiger partial charge is 0.255 e. The molecule has 1 amide bonds. The van der Waals surface area contributed by atoms with Gasteiger partial charge in [-0.1, -0.05) is 16.8 Å². The number of aromatic nitrogens is 4. The average Bonchev–Trinajstić information content (AvgIpc) is 3.15. The van der Waals surface area contributed by atoms with Crippen LogP contribution in [0.5, 0.6) is 11.5 Å². The quantitative estimate of drug-likeness (QED) is 0.701. The zero-order chi connectivity index (χ0) is 17.6. The van der Waals surface area contributed by atoms with Gasteiger partial charge < -0.3 is 14.8 Å². The third-order valence-electron chi connectivity index (χ3n) is 3.29. The standard InChI is InChI=1S/C16H14ClN5O3/c1-24-12-6-7-13(14(8-12)25-9-15-19-21-22-20-15)18-16(23)10-2-4-11(17)5-3-10/h2-8H,9H2,1H3,(H,18,23)(H,19,20,21,22). The van der Waals surface area contributed by atoms with Gasteiger partial charge in [-0.3, -0.25) is 4.79 Å². The second-order valence-electron chi connectivity index (χ2n) is 4.94. The SMILES string of the molecule is COc1ccc(NC(=O)c2ccc(Cl)cc2)c(OCc2nn[nH]n2)c1. The third-order valence-corrected chi connectivity index (χ3v) is 3.54. The van der Waals surface area contributed by atoms with Crippen LogP contribution >= 0.6 is 11.6 Å². The fourth-order valence-electron chi connectivity index (χ4n) is 2.03. The number of aromatic amines is 1. The summed E-state index contributed by atoms with van der Waals surface area (Å²) in [5.41, 5.74) is 0.966. The van der Waals surface area contributed by atoms with Gasteiger partial charge in [0, 0.05) is 16.7 Å². The number of nitrogens with zero attached hydrogens (tertiary/aromatic N) is 3. The maximum absolute atomic E-state index is 12.4. The molecule has 9 heteroatoms. The molecule has 0 spiro atoms.